The van der Waals surface area contributed by atoms with Crippen LogP contribution >= 0.6 is 0 Å². The number of hydrogen-bond acceptors (Lipinski definition) is 6. The second-order valence-electron chi connectivity index (χ2n) is 6.51. The minimum Gasteiger partial charge on any atom is -0.495 e. The third kappa shape index (κ3) is 4.61. The molecule has 0 N–H and O–H groups in total. The molecule has 3 rings (SSSR count). The van der Waals surface area contributed by atoms with Gasteiger partial charge in [0, 0.05) is 38.9 Å². The number of ether oxygens (including phenoxy) is 3. The lowest BCUT2D eigenvalue weighted by molar-refractivity contribution is -0.144. The van der Waals surface area contributed by atoms with Crippen molar-refractivity contribution in [1.82, 2.24) is 9.88 Å². The van der Waals surface area contributed by atoms with Gasteiger partial charge in [-0.05, 0) is 19.8 Å². The molecule has 1 amide bonds. The average molecular weight is 349 g/mol. The second kappa shape index (κ2) is 8.49. The normalized spacial score (nSPS) is 22.1. The van der Waals surface area contributed by atoms with E-state index in [1.165, 1.54) is 0 Å². The highest BCUT2D eigenvalue weighted by Crippen LogP contribution is 2.21. The van der Waals surface area contributed by atoms with Crippen molar-refractivity contribution in [2.45, 2.75) is 32.0 Å². The lowest BCUT2D eigenvalue weighted by Crippen LogP contribution is -2.51. The van der Waals surface area contributed by atoms with Crippen molar-refractivity contribution in [1.29, 1.82) is 0 Å². The lowest BCUT2D eigenvalue weighted by atomic mass is 10.2. The van der Waals surface area contributed by atoms with Gasteiger partial charge in [0.25, 0.3) is 5.91 Å². The van der Waals surface area contributed by atoms with Crippen molar-refractivity contribution in [3.8, 4) is 5.75 Å². The molecule has 0 aromatic carbocycles. The molecular formula is C18H27N3O4. The van der Waals surface area contributed by atoms with Crippen LogP contribution in [0.15, 0.2) is 18.5 Å². The standard InChI is InChI=1S/C18H27N3O4/c1-14(25-13-16-4-3-9-24-16)18(22)21-7-5-20(6-8-21)15-10-17(23-2)12-19-11-15/h10-12,14,16H,3-9,13H2,1-2H3/t14-,16-/m0/s1. The maximum absolute atomic E-state index is 12.6. The van der Waals surface area contributed by atoms with Crippen molar-refractivity contribution in [3.05, 3.63) is 18.5 Å². The van der Waals surface area contributed by atoms with Crippen LogP contribution in [0, 0.1) is 0 Å². The van der Waals surface area contributed by atoms with Crippen LogP contribution in [0.2, 0.25) is 0 Å². The van der Waals surface area contributed by atoms with E-state index in [9.17, 15) is 4.79 Å². The molecule has 3 heterocycles. The molecule has 1 aromatic heterocycles. The first kappa shape index (κ1) is 17.9. The summed E-state index contributed by atoms with van der Waals surface area (Å²) < 4.78 is 16.5. The van der Waals surface area contributed by atoms with Crippen LogP contribution in [-0.4, -0.2) is 74.5 Å². The van der Waals surface area contributed by atoms with E-state index in [1.807, 2.05) is 24.1 Å². The molecule has 2 atom stereocenters. The minimum atomic E-state index is -0.422. The number of aromatic nitrogens is 1. The highest BCUT2D eigenvalue weighted by molar-refractivity contribution is 5.80. The van der Waals surface area contributed by atoms with Gasteiger partial charge in [0.05, 0.1) is 37.9 Å². The zero-order chi connectivity index (χ0) is 17.6. The summed E-state index contributed by atoms with van der Waals surface area (Å²) in [7, 11) is 1.63. The van der Waals surface area contributed by atoms with Crippen LogP contribution in [0.5, 0.6) is 5.75 Å². The third-order valence-corrected chi connectivity index (χ3v) is 4.79. The van der Waals surface area contributed by atoms with Crippen LogP contribution in [0.4, 0.5) is 5.69 Å². The molecule has 7 nitrogen and oxygen atoms in total. The summed E-state index contributed by atoms with van der Waals surface area (Å²) >= 11 is 0. The molecule has 2 fully saturated rings. The van der Waals surface area contributed by atoms with E-state index >= 15 is 0 Å². The summed E-state index contributed by atoms with van der Waals surface area (Å²) in [4.78, 5) is 20.9. The first-order valence-corrected chi connectivity index (χ1v) is 8.93. The molecule has 0 bridgehead atoms. The zero-order valence-corrected chi connectivity index (χ0v) is 15.0. The lowest BCUT2D eigenvalue weighted by Gasteiger charge is -2.37. The van der Waals surface area contributed by atoms with Gasteiger partial charge in [-0.25, -0.2) is 0 Å². The Balaban J connectivity index is 1.46. The van der Waals surface area contributed by atoms with Gasteiger partial charge in [-0.2, -0.15) is 0 Å². The number of piperazine rings is 1. The predicted molar refractivity (Wildman–Crippen MR) is 94.0 cm³/mol. The fraction of sp³-hybridized carbons (Fsp3) is 0.667. The molecule has 7 heteroatoms. The summed E-state index contributed by atoms with van der Waals surface area (Å²) in [6, 6.07) is 1.97. The maximum Gasteiger partial charge on any atom is 0.251 e. The monoisotopic (exact) mass is 349 g/mol. The van der Waals surface area contributed by atoms with Gasteiger partial charge in [0.15, 0.2) is 0 Å². The molecule has 0 saturated carbocycles. The molecule has 2 aliphatic heterocycles. The van der Waals surface area contributed by atoms with Gasteiger partial charge < -0.3 is 24.0 Å². The minimum absolute atomic E-state index is 0.0569. The number of pyridine rings is 1. The van der Waals surface area contributed by atoms with Crippen LogP contribution in [-0.2, 0) is 14.3 Å². The molecule has 0 spiro atoms. The number of carbonyl (C=O) groups excluding carboxylic acids is 1. The topological polar surface area (TPSA) is 64.1 Å². The Hall–Kier alpha value is -1.86. The largest absolute Gasteiger partial charge is 0.495 e. The highest BCUT2D eigenvalue weighted by Gasteiger charge is 2.27. The Bertz CT molecular complexity index is 569. The summed E-state index contributed by atoms with van der Waals surface area (Å²) in [5, 5.41) is 0. The molecule has 1 aromatic rings. The fourth-order valence-corrected chi connectivity index (χ4v) is 3.23. The van der Waals surface area contributed by atoms with E-state index in [2.05, 4.69) is 9.88 Å². The number of anilines is 1. The van der Waals surface area contributed by atoms with Crippen LogP contribution < -0.4 is 9.64 Å². The van der Waals surface area contributed by atoms with E-state index in [0.717, 1.165) is 44.0 Å². The van der Waals surface area contributed by atoms with Crippen LogP contribution in [0.3, 0.4) is 0 Å². The molecular weight excluding hydrogens is 322 g/mol. The first-order chi connectivity index (χ1) is 12.2. The number of methoxy groups -OCH3 is 1. The Labute approximate surface area is 148 Å². The van der Waals surface area contributed by atoms with E-state index in [4.69, 9.17) is 14.2 Å². The van der Waals surface area contributed by atoms with Crippen LogP contribution in [0.25, 0.3) is 0 Å². The third-order valence-electron chi connectivity index (χ3n) is 4.79. The summed E-state index contributed by atoms with van der Waals surface area (Å²) in [6.07, 6.45) is 5.34. The molecule has 138 valence electrons. The predicted octanol–water partition coefficient (Wildman–Crippen LogP) is 1.32. The quantitative estimate of drug-likeness (QED) is 0.772. The van der Waals surface area contributed by atoms with Gasteiger partial charge in [0.2, 0.25) is 0 Å². The van der Waals surface area contributed by atoms with E-state index < -0.39 is 6.10 Å². The van der Waals surface area contributed by atoms with Crippen molar-refractivity contribution in [3.63, 3.8) is 0 Å². The number of nitrogens with zero attached hydrogens (tertiary/aromatic N) is 3. The number of rotatable bonds is 6. The van der Waals surface area contributed by atoms with Gasteiger partial charge in [-0.1, -0.05) is 0 Å². The van der Waals surface area contributed by atoms with Crippen molar-refractivity contribution < 1.29 is 19.0 Å². The molecule has 0 unspecified atom stereocenters. The summed E-state index contributed by atoms with van der Waals surface area (Å²) in [5.74, 6) is 0.800. The zero-order valence-electron chi connectivity index (χ0n) is 15.0. The molecule has 0 radical (unpaired) electrons. The highest BCUT2D eigenvalue weighted by atomic mass is 16.5. The van der Waals surface area contributed by atoms with Gasteiger partial charge in [0.1, 0.15) is 11.9 Å². The van der Waals surface area contributed by atoms with Gasteiger partial charge >= 0.3 is 0 Å². The van der Waals surface area contributed by atoms with Crippen molar-refractivity contribution in [2.75, 3.05) is 51.4 Å². The number of hydrogen-bond donors (Lipinski definition) is 0. The summed E-state index contributed by atoms with van der Waals surface area (Å²) in [5.41, 5.74) is 1.02. The van der Waals surface area contributed by atoms with Gasteiger partial charge in [-0.3, -0.25) is 9.78 Å². The van der Waals surface area contributed by atoms with E-state index in [0.29, 0.717) is 19.7 Å². The smallest absolute Gasteiger partial charge is 0.251 e. The van der Waals surface area contributed by atoms with Crippen molar-refractivity contribution >= 4 is 11.6 Å². The number of amides is 1. The Morgan fingerprint density at radius 3 is 2.84 bits per heavy atom. The molecule has 2 aliphatic rings. The number of carbonyl (C=O) groups is 1. The maximum atomic E-state index is 12.6. The van der Waals surface area contributed by atoms with Crippen LogP contribution in [0.1, 0.15) is 19.8 Å². The van der Waals surface area contributed by atoms with Crippen molar-refractivity contribution in [2.24, 2.45) is 0 Å². The summed E-state index contributed by atoms with van der Waals surface area (Å²) in [6.45, 7) is 6.06. The molecule has 25 heavy (non-hydrogen) atoms. The molecule has 2 saturated heterocycles. The van der Waals surface area contributed by atoms with E-state index in [1.54, 1.807) is 13.3 Å². The molecule has 0 aliphatic carbocycles. The Morgan fingerprint density at radius 1 is 1.36 bits per heavy atom. The average Bonchev–Trinajstić information content (AvgIpc) is 3.19. The Morgan fingerprint density at radius 2 is 2.16 bits per heavy atom. The van der Waals surface area contributed by atoms with E-state index in [-0.39, 0.29) is 12.0 Å². The Kier molecular flexibility index (Phi) is 6.09. The SMILES string of the molecule is COc1cncc(N2CCN(C(=O)[C@H](C)OC[C@@H]3CCCO3)CC2)c1. The first-order valence-electron chi connectivity index (χ1n) is 8.93. The van der Waals surface area contributed by atoms with Gasteiger partial charge in [-0.15, -0.1) is 0 Å². The second-order valence-corrected chi connectivity index (χ2v) is 6.51. The fourth-order valence-electron chi connectivity index (χ4n) is 3.23.